The third-order valence-corrected chi connectivity index (χ3v) is 2.70. The van der Waals surface area contributed by atoms with Gasteiger partial charge in [0.2, 0.25) is 0 Å². The Morgan fingerprint density at radius 1 is 1.07 bits per heavy atom. The number of pyridine rings is 2. The van der Waals surface area contributed by atoms with E-state index in [1.165, 1.54) is 0 Å². The van der Waals surface area contributed by atoms with Crippen molar-refractivity contribution >= 4 is 34.8 Å². The number of rotatable bonds is 1. The summed E-state index contributed by atoms with van der Waals surface area (Å²) in [5.74, 6) is 0. The predicted molar refractivity (Wildman–Crippen MR) is 62.5 cm³/mol. The van der Waals surface area contributed by atoms with Crippen molar-refractivity contribution in [2.24, 2.45) is 0 Å². The Morgan fingerprint density at radius 2 is 1.87 bits per heavy atom. The van der Waals surface area contributed by atoms with Crippen LogP contribution in [0.3, 0.4) is 0 Å². The smallest absolute Gasteiger partial charge is 0.147 e. The van der Waals surface area contributed by atoms with Gasteiger partial charge in [0.05, 0.1) is 10.7 Å². The molecule has 0 radical (unpaired) electrons. The minimum absolute atomic E-state index is 0.280. The first-order valence-electron chi connectivity index (χ1n) is 4.11. The van der Waals surface area contributed by atoms with Crippen molar-refractivity contribution in [3.8, 4) is 11.3 Å². The molecule has 2 aromatic heterocycles. The Labute approximate surface area is 102 Å². The molecule has 15 heavy (non-hydrogen) atoms. The molecule has 0 amide bonds. The molecule has 0 atom stereocenters. The van der Waals surface area contributed by atoms with Crippen LogP contribution in [0.2, 0.25) is 15.3 Å². The van der Waals surface area contributed by atoms with E-state index in [0.29, 0.717) is 15.9 Å². The second-order valence-electron chi connectivity index (χ2n) is 2.84. The molecule has 76 valence electrons. The van der Waals surface area contributed by atoms with Gasteiger partial charge < -0.3 is 0 Å². The normalized spacial score (nSPS) is 10.3. The summed E-state index contributed by atoms with van der Waals surface area (Å²) in [4.78, 5) is 8.07. The molecule has 0 saturated heterocycles. The lowest BCUT2D eigenvalue weighted by molar-refractivity contribution is 1.28. The van der Waals surface area contributed by atoms with Crippen molar-refractivity contribution in [3.63, 3.8) is 0 Å². The maximum Gasteiger partial charge on any atom is 0.147 e. The molecule has 0 N–H and O–H groups in total. The van der Waals surface area contributed by atoms with Crippen molar-refractivity contribution in [2.75, 3.05) is 0 Å². The minimum atomic E-state index is 0.280. The summed E-state index contributed by atoms with van der Waals surface area (Å²) in [5, 5.41) is 1.11. The first-order valence-corrected chi connectivity index (χ1v) is 5.24. The van der Waals surface area contributed by atoms with Crippen LogP contribution in [0.15, 0.2) is 30.5 Å². The summed E-state index contributed by atoms with van der Waals surface area (Å²) in [6.45, 7) is 0. The van der Waals surface area contributed by atoms with Crippen LogP contribution in [0, 0.1) is 0 Å². The van der Waals surface area contributed by atoms with E-state index >= 15 is 0 Å². The zero-order valence-electron chi connectivity index (χ0n) is 7.42. The molecule has 5 heteroatoms. The van der Waals surface area contributed by atoms with Gasteiger partial charge in [-0.05, 0) is 18.2 Å². The number of aromatic nitrogens is 2. The molecule has 0 aromatic carbocycles. The van der Waals surface area contributed by atoms with Gasteiger partial charge >= 0.3 is 0 Å². The Balaban J connectivity index is 2.50. The molecule has 2 heterocycles. The zero-order chi connectivity index (χ0) is 10.8. The van der Waals surface area contributed by atoms with Gasteiger partial charge in [0, 0.05) is 11.8 Å². The lowest BCUT2D eigenvalue weighted by Crippen LogP contribution is -1.85. The molecule has 0 fully saturated rings. The van der Waals surface area contributed by atoms with Crippen LogP contribution in [0.5, 0.6) is 0 Å². The van der Waals surface area contributed by atoms with Crippen molar-refractivity contribution in [1.29, 1.82) is 0 Å². The van der Waals surface area contributed by atoms with Crippen LogP contribution >= 0.6 is 34.8 Å². The van der Waals surface area contributed by atoms with Crippen LogP contribution in [-0.4, -0.2) is 9.97 Å². The highest BCUT2D eigenvalue weighted by atomic mass is 35.5. The highest BCUT2D eigenvalue weighted by Crippen LogP contribution is 2.25. The van der Waals surface area contributed by atoms with E-state index in [1.807, 2.05) is 12.1 Å². The van der Waals surface area contributed by atoms with Crippen molar-refractivity contribution < 1.29 is 0 Å². The summed E-state index contributed by atoms with van der Waals surface area (Å²) in [6.07, 6.45) is 1.60. The SMILES string of the molecule is Clc1cccc(-c2cnc(Cl)c(Cl)c2)n1. The Hall–Kier alpha value is -0.830. The lowest BCUT2D eigenvalue weighted by Gasteiger charge is -2.01. The molecular weight excluding hydrogens is 254 g/mol. The molecule has 0 saturated carbocycles. The fourth-order valence-electron chi connectivity index (χ4n) is 1.13. The number of nitrogens with zero attached hydrogens (tertiary/aromatic N) is 2. The third-order valence-electron chi connectivity index (χ3n) is 1.81. The number of halogens is 3. The molecule has 2 aromatic rings. The van der Waals surface area contributed by atoms with Gasteiger partial charge in [-0.3, -0.25) is 0 Å². The van der Waals surface area contributed by atoms with Crippen LogP contribution in [0.1, 0.15) is 0 Å². The standard InChI is InChI=1S/C10H5Cl3N2/c11-7-4-6(5-14-10(7)13)8-2-1-3-9(12)15-8/h1-5H. The molecule has 2 rings (SSSR count). The topological polar surface area (TPSA) is 25.8 Å². The first-order chi connectivity index (χ1) is 7.16. The van der Waals surface area contributed by atoms with Gasteiger partial charge in [0.15, 0.2) is 0 Å². The van der Waals surface area contributed by atoms with Gasteiger partial charge in [-0.1, -0.05) is 40.9 Å². The van der Waals surface area contributed by atoms with Crippen molar-refractivity contribution in [1.82, 2.24) is 9.97 Å². The fourth-order valence-corrected chi connectivity index (χ4v) is 1.56. The summed E-state index contributed by atoms with van der Waals surface area (Å²) in [5.41, 5.74) is 1.50. The van der Waals surface area contributed by atoms with Crippen LogP contribution in [0.25, 0.3) is 11.3 Å². The van der Waals surface area contributed by atoms with E-state index in [2.05, 4.69) is 9.97 Å². The summed E-state index contributed by atoms with van der Waals surface area (Å²) in [7, 11) is 0. The van der Waals surface area contributed by atoms with Crippen molar-refractivity contribution in [3.05, 3.63) is 45.8 Å². The average Bonchev–Trinajstić information content (AvgIpc) is 2.22. The average molecular weight is 260 g/mol. The van der Waals surface area contributed by atoms with E-state index < -0.39 is 0 Å². The third kappa shape index (κ3) is 2.40. The Kier molecular flexibility index (Phi) is 3.10. The van der Waals surface area contributed by atoms with E-state index in [1.54, 1.807) is 18.3 Å². The van der Waals surface area contributed by atoms with Gasteiger partial charge in [-0.25, -0.2) is 9.97 Å². The van der Waals surface area contributed by atoms with Gasteiger partial charge in [-0.15, -0.1) is 0 Å². The first kappa shape index (κ1) is 10.7. The number of hydrogen-bond acceptors (Lipinski definition) is 2. The maximum atomic E-state index is 5.85. The van der Waals surface area contributed by atoms with Gasteiger partial charge in [-0.2, -0.15) is 0 Å². The van der Waals surface area contributed by atoms with Gasteiger partial charge in [0.1, 0.15) is 10.3 Å². The Morgan fingerprint density at radius 3 is 2.53 bits per heavy atom. The van der Waals surface area contributed by atoms with E-state index in [0.717, 1.165) is 5.56 Å². The van der Waals surface area contributed by atoms with Crippen molar-refractivity contribution in [2.45, 2.75) is 0 Å². The van der Waals surface area contributed by atoms with Crippen LogP contribution in [0.4, 0.5) is 0 Å². The summed E-state index contributed by atoms with van der Waals surface area (Å²) in [6, 6.07) is 7.05. The Bertz CT molecular complexity index is 500. The monoisotopic (exact) mass is 258 g/mol. The fraction of sp³-hybridized carbons (Fsp3) is 0. The highest BCUT2D eigenvalue weighted by molar-refractivity contribution is 6.41. The molecule has 0 aliphatic carbocycles. The molecule has 0 aliphatic heterocycles. The molecule has 0 spiro atoms. The maximum absolute atomic E-state index is 5.85. The number of hydrogen-bond donors (Lipinski definition) is 0. The highest BCUT2D eigenvalue weighted by Gasteiger charge is 2.04. The van der Waals surface area contributed by atoms with Gasteiger partial charge in [0.25, 0.3) is 0 Å². The zero-order valence-corrected chi connectivity index (χ0v) is 9.68. The largest absolute Gasteiger partial charge is 0.242 e. The molecule has 2 nitrogen and oxygen atoms in total. The lowest BCUT2D eigenvalue weighted by atomic mass is 10.2. The van der Waals surface area contributed by atoms with E-state index in [4.69, 9.17) is 34.8 Å². The second-order valence-corrected chi connectivity index (χ2v) is 3.99. The minimum Gasteiger partial charge on any atom is -0.242 e. The quantitative estimate of drug-likeness (QED) is 0.721. The predicted octanol–water partition coefficient (Wildman–Crippen LogP) is 4.10. The van der Waals surface area contributed by atoms with Crippen LogP contribution < -0.4 is 0 Å². The van der Waals surface area contributed by atoms with Crippen LogP contribution in [-0.2, 0) is 0 Å². The van der Waals surface area contributed by atoms with E-state index in [9.17, 15) is 0 Å². The van der Waals surface area contributed by atoms with E-state index in [-0.39, 0.29) is 5.15 Å². The summed E-state index contributed by atoms with van der Waals surface area (Å²) >= 11 is 17.3. The molecule has 0 unspecified atom stereocenters. The summed E-state index contributed by atoms with van der Waals surface area (Å²) < 4.78 is 0. The molecule has 0 bridgehead atoms. The molecule has 0 aliphatic rings. The molecular formula is C10H5Cl3N2. The second kappa shape index (κ2) is 4.35.